The second kappa shape index (κ2) is 20.5. The number of hydrogen-bond acceptors (Lipinski definition) is 9. The van der Waals surface area contributed by atoms with Crippen LogP contribution in [0.25, 0.3) is 0 Å². The summed E-state index contributed by atoms with van der Waals surface area (Å²) in [4.78, 5) is 58.2. The Morgan fingerprint density at radius 1 is 0.448 bits per heavy atom. The van der Waals surface area contributed by atoms with Gasteiger partial charge in [-0.1, -0.05) is 0 Å². The van der Waals surface area contributed by atoms with Crippen LogP contribution in [0.15, 0.2) is 0 Å². The standard InChI is InChI=1S/3C4H6O5.2Fe/c3*5-2(4(8)9)1-3(6)7;;/h3*2,5H,1H2,(H,6,7)(H,8,9);;. The number of aliphatic hydroxyl groups is 3. The number of aliphatic hydroxyl groups excluding tert-OH is 3. The molecule has 0 bridgehead atoms. The van der Waals surface area contributed by atoms with E-state index in [0.29, 0.717) is 0 Å². The number of carboxylic acid groups (broad SMARTS) is 6. The topological polar surface area (TPSA) is 284 Å². The van der Waals surface area contributed by atoms with Crippen LogP contribution in [0.2, 0.25) is 0 Å². The Bertz CT molecular complexity index is 473. The molecule has 0 saturated heterocycles. The molecule has 29 heavy (non-hydrogen) atoms. The third-order valence-corrected chi connectivity index (χ3v) is 1.96. The van der Waals surface area contributed by atoms with E-state index in [9.17, 15) is 28.8 Å². The molecule has 0 aromatic rings. The quantitative estimate of drug-likeness (QED) is 0.136. The van der Waals surface area contributed by atoms with Gasteiger partial charge in [0.25, 0.3) is 0 Å². The van der Waals surface area contributed by atoms with Crippen LogP contribution < -0.4 is 0 Å². The minimum atomic E-state index is -1.79. The molecule has 0 rings (SSSR count). The molecule has 0 aliphatic rings. The minimum Gasteiger partial charge on any atom is -0.481 e. The van der Waals surface area contributed by atoms with Gasteiger partial charge in [-0.15, -0.1) is 0 Å². The molecule has 0 amide bonds. The molecule has 15 nitrogen and oxygen atoms in total. The Morgan fingerprint density at radius 3 is 0.621 bits per heavy atom. The monoisotopic (exact) mass is 514 g/mol. The number of aliphatic carboxylic acids is 6. The molecule has 172 valence electrons. The van der Waals surface area contributed by atoms with Crippen molar-refractivity contribution in [2.75, 3.05) is 0 Å². The van der Waals surface area contributed by atoms with Crippen molar-refractivity contribution in [3.63, 3.8) is 0 Å². The Hall–Kier alpha value is -2.26. The summed E-state index contributed by atoms with van der Waals surface area (Å²) in [6, 6.07) is 0. The fourth-order valence-corrected chi connectivity index (χ4v) is 0.758. The molecule has 17 heteroatoms. The van der Waals surface area contributed by atoms with Gasteiger partial charge in [-0.25, -0.2) is 14.4 Å². The molecule has 0 aromatic carbocycles. The molecule has 0 saturated carbocycles. The van der Waals surface area contributed by atoms with Gasteiger partial charge in [0.2, 0.25) is 0 Å². The summed E-state index contributed by atoms with van der Waals surface area (Å²) in [5, 5.41) is 72.4. The van der Waals surface area contributed by atoms with E-state index in [1.54, 1.807) is 0 Å². The van der Waals surface area contributed by atoms with E-state index in [-0.39, 0.29) is 34.1 Å². The van der Waals surface area contributed by atoms with Gasteiger partial charge in [-0.2, -0.15) is 0 Å². The van der Waals surface area contributed by atoms with E-state index in [1.807, 2.05) is 0 Å². The smallest absolute Gasteiger partial charge is 0.333 e. The van der Waals surface area contributed by atoms with Crippen molar-refractivity contribution in [3.05, 3.63) is 0 Å². The maximum absolute atomic E-state index is 9.72. The van der Waals surface area contributed by atoms with Crippen LogP contribution in [-0.4, -0.2) is 100 Å². The van der Waals surface area contributed by atoms with Gasteiger partial charge in [-0.3, -0.25) is 14.4 Å². The predicted octanol–water partition coefficient (Wildman–Crippen LogP) is -3.29. The van der Waals surface area contributed by atoms with Crippen LogP contribution in [0.4, 0.5) is 0 Å². The number of carbonyl (C=O) groups is 6. The summed E-state index contributed by atoms with van der Waals surface area (Å²) < 4.78 is 0. The minimum absolute atomic E-state index is 0. The first kappa shape index (κ1) is 37.5. The van der Waals surface area contributed by atoms with E-state index < -0.39 is 73.4 Å². The molecule has 3 atom stereocenters. The Balaban J connectivity index is -0.0000000960. The molecule has 9 N–H and O–H groups in total. The molecule has 3 unspecified atom stereocenters. The summed E-state index contributed by atoms with van der Waals surface area (Å²) >= 11 is 0. The van der Waals surface area contributed by atoms with Crippen LogP contribution in [0.1, 0.15) is 19.3 Å². The van der Waals surface area contributed by atoms with E-state index in [2.05, 4.69) is 0 Å². The molecule has 0 aromatic heterocycles. The zero-order valence-corrected chi connectivity index (χ0v) is 16.2. The van der Waals surface area contributed by atoms with E-state index in [0.717, 1.165) is 0 Å². The molecule has 0 aliphatic carbocycles. The zero-order chi connectivity index (χ0) is 22.3. The second-order valence-electron chi connectivity index (χ2n) is 4.36. The zero-order valence-electron chi connectivity index (χ0n) is 14.0. The van der Waals surface area contributed by atoms with Crippen LogP contribution in [0.5, 0.6) is 0 Å². The Morgan fingerprint density at radius 2 is 0.586 bits per heavy atom. The Kier molecular flexibility index (Phi) is 26.5. The molecule has 0 spiro atoms. The summed E-state index contributed by atoms with van der Waals surface area (Å²) in [5.41, 5.74) is 0. The van der Waals surface area contributed by atoms with E-state index in [1.165, 1.54) is 0 Å². The van der Waals surface area contributed by atoms with Crippen molar-refractivity contribution in [1.29, 1.82) is 0 Å². The number of hydrogen-bond donors (Lipinski definition) is 9. The van der Waals surface area contributed by atoms with Gasteiger partial charge in [0.05, 0.1) is 19.3 Å². The number of rotatable bonds is 9. The van der Waals surface area contributed by atoms with Gasteiger partial charge in [0.15, 0.2) is 18.3 Å². The molecule has 0 heterocycles. The average molecular weight is 514 g/mol. The summed E-state index contributed by atoms with van der Waals surface area (Å²) in [6.45, 7) is 0. The SMILES string of the molecule is O=C(O)CC(O)C(=O)O.O=C(O)CC(O)C(=O)O.O=C(O)CC(O)C(=O)O.[Fe].[Fe]. The van der Waals surface area contributed by atoms with Crippen molar-refractivity contribution in [3.8, 4) is 0 Å². The fraction of sp³-hybridized carbons (Fsp3) is 0.500. The first-order valence-electron chi connectivity index (χ1n) is 6.49. The maximum Gasteiger partial charge on any atom is 0.333 e. The van der Waals surface area contributed by atoms with Crippen LogP contribution in [-0.2, 0) is 62.9 Å². The van der Waals surface area contributed by atoms with Crippen LogP contribution >= 0.6 is 0 Å². The van der Waals surface area contributed by atoms with Gasteiger partial charge in [-0.05, 0) is 0 Å². The van der Waals surface area contributed by atoms with E-state index >= 15 is 0 Å². The fourth-order valence-electron chi connectivity index (χ4n) is 0.758. The third-order valence-electron chi connectivity index (χ3n) is 1.96. The summed E-state index contributed by atoms with van der Waals surface area (Å²) in [6.07, 6.45) is -7.63. The maximum atomic E-state index is 9.72. The van der Waals surface area contributed by atoms with Crippen molar-refractivity contribution >= 4 is 35.8 Å². The average Bonchev–Trinajstić information content (AvgIpc) is 2.46. The number of carboxylic acids is 6. The normalized spacial score (nSPS) is 11.7. The van der Waals surface area contributed by atoms with Crippen molar-refractivity contribution in [1.82, 2.24) is 0 Å². The van der Waals surface area contributed by atoms with Crippen molar-refractivity contribution < 1.29 is 109 Å². The molecular formula is C12H18Fe2O15. The first-order chi connectivity index (χ1) is 12.1. The summed E-state index contributed by atoms with van der Waals surface area (Å²) in [5.74, 6) is -8.54. The van der Waals surface area contributed by atoms with Gasteiger partial charge >= 0.3 is 35.8 Å². The predicted molar refractivity (Wildman–Crippen MR) is 77.7 cm³/mol. The Labute approximate surface area is 182 Å². The van der Waals surface area contributed by atoms with Gasteiger partial charge < -0.3 is 46.0 Å². The van der Waals surface area contributed by atoms with Crippen LogP contribution in [0, 0.1) is 0 Å². The molecule has 0 fully saturated rings. The second-order valence-corrected chi connectivity index (χ2v) is 4.36. The van der Waals surface area contributed by atoms with Gasteiger partial charge in [0, 0.05) is 34.1 Å². The molecule has 0 radical (unpaired) electrons. The van der Waals surface area contributed by atoms with Gasteiger partial charge in [0.1, 0.15) is 0 Å². The third kappa shape index (κ3) is 30.7. The van der Waals surface area contributed by atoms with Crippen LogP contribution in [0.3, 0.4) is 0 Å². The molecule has 0 aliphatic heterocycles. The molecular weight excluding hydrogens is 496 g/mol. The van der Waals surface area contributed by atoms with E-state index in [4.69, 9.17) is 46.0 Å². The largest absolute Gasteiger partial charge is 0.481 e. The first-order valence-corrected chi connectivity index (χ1v) is 6.49. The van der Waals surface area contributed by atoms with Crippen molar-refractivity contribution in [2.45, 2.75) is 37.6 Å². The van der Waals surface area contributed by atoms with Crippen molar-refractivity contribution in [2.24, 2.45) is 0 Å². The summed E-state index contributed by atoms with van der Waals surface area (Å²) in [7, 11) is 0.